The number of hydrogen-bond donors (Lipinski definition) is 1. The fraction of sp³-hybridized carbons (Fsp3) is 0.481. The molecular weight excluding hydrogens is 462 g/mol. The molecule has 2 aromatic rings. The van der Waals surface area contributed by atoms with E-state index < -0.39 is 16.1 Å². The molecule has 1 unspecified atom stereocenters. The molecule has 1 N–H and O–H groups in total. The summed E-state index contributed by atoms with van der Waals surface area (Å²) in [6, 6.07) is 12.8. The first kappa shape index (κ1) is 28.4. The Labute approximate surface area is 210 Å². The van der Waals surface area contributed by atoms with Crippen LogP contribution in [-0.4, -0.2) is 50.5 Å². The first-order valence-corrected chi connectivity index (χ1v) is 14.0. The molecule has 0 aliphatic rings. The van der Waals surface area contributed by atoms with Crippen molar-refractivity contribution in [2.45, 2.75) is 66.5 Å². The van der Waals surface area contributed by atoms with Crippen molar-refractivity contribution in [2.24, 2.45) is 0 Å². The molecule has 0 aromatic heterocycles. The quantitative estimate of drug-likeness (QED) is 0.474. The van der Waals surface area contributed by atoms with Gasteiger partial charge in [-0.25, -0.2) is 8.42 Å². The van der Waals surface area contributed by atoms with E-state index in [2.05, 4.69) is 5.32 Å². The predicted molar refractivity (Wildman–Crippen MR) is 142 cm³/mol. The molecule has 35 heavy (non-hydrogen) atoms. The van der Waals surface area contributed by atoms with E-state index >= 15 is 0 Å². The van der Waals surface area contributed by atoms with Crippen LogP contribution < -0.4 is 9.62 Å². The summed E-state index contributed by atoms with van der Waals surface area (Å²) in [5, 5.41) is 2.87. The fourth-order valence-corrected chi connectivity index (χ4v) is 4.93. The van der Waals surface area contributed by atoms with Crippen molar-refractivity contribution < 1.29 is 18.0 Å². The Morgan fingerprint density at radius 1 is 1.03 bits per heavy atom. The molecule has 0 aliphatic heterocycles. The maximum Gasteiger partial charge on any atom is 0.242 e. The van der Waals surface area contributed by atoms with Crippen LogP contribution in [-0.2, 0) is 26.2 Å². The number of rotatable bonds is 12. The number of sulfonamides is 1. The predicted octanol–water partition coefficient (Wildman–Crippen LogP) is 4.10. The van der Waals surface area contributed by atoms with Crippen molar-refractivity contribution in [3.8, 4) is 0 Å². The summed E-state index contributed by atoms with van der Waals surface area (Å²) in [6.07, 6.45) is 2.46. The van der Waals surface area contributed by atoms with Crippen LogP contribution in [0.25, 0.3) is 0 Å². The molecule has 192 valence electrons. The summed E-state index contributed by atoms with van der Waals surface area (Å²) in [4.78, 5) is 27.6. The van der Waals surface area contributed by atoms with Crippen molar-refractivity contribution in [3.05, 3.63) is 64.7 Å². The lowest BCUT2D eigenvalue weighted by Gasteiger charge is -2.30. The molecule has 2 rings (SSSR count). The second-order valence-corrected chi connectivity index (χ2v) is 11.1. The number of carbonyl (C=O) groups excluding carboxylic acids is 2. The van der Waals surface area contributed by atoms with E-state index in [4.69, 9.17) is 0 Å². The van der Waals surface area contributed by atoms with Gasteiger partial charge in [-0.3, -0.25) is 13.9 Å². The van der Waals surface area contributed by atoms with Gasteiger partial charge in [-0.05, 0) is 68.9 Å². The van der Waals surface area contributed by atoms with Crippen LogP contribution in [0, 0.1) is 20.8 Å². The fourth-order valence-electron chi connectivity index (χ4n) is 3.92. The van der Waals surface area contributed by atoms with E-state index in [0.29, 0.717) is 25.2 Å². The molecule has 0 saturated carbocycles. The Morgan fingerprint density at radius 2 is 1.71 bits per heavy atom. The van der Waals surface area contributed by atoms with Crippen LogP contribution in [0.5, 0.6) is 0 Å². The van der Waals surface area contributed by atoms with Crippen LogP contribution in [0.4, 0.5) is 5.69 Å². The third-order valence-corrected chi connectivity index (χ3v) is 7.28. The maximum atomic E-state index is 13.3. The van der Waals surface area contributed by atoms with Crippen molar-refractivity contribution >= 4 is 27.5 Å². The van der Waals surface area contributed by atoms with Crippen LogP contribution in [0.2, 0.25) is 0 Å². The number of amides is 2. The summed E-state index contributed by atoms with van der Waals surface area (Å²) < 4.78 is 26.5. The molecule has 0 saturated heterocycles. The molecule has 2 amide bonds. The van der Waals surface area contributed by atoms with Gasteiger partial charge in [-0.1, -0.05) is 43.3 Å². The average Bonchev–Trinajstić information content (AvgIpc) is 2.80. The highest BCUT2D eigenvalue weighted by Gasteiger charge is 2.27. The second-order valence-electron chi connectivity index (χ2n) is 9.14. The van der Waals surface area contributed by atoms with E-state index in [9.17, 15) is 18.0 Å². The smallest absolute Gasteiger partial charge is 0.242 e. The van der Waals surface area contributed by atoms with E-state index in [0.717, 1.165) is 28.7 Å². The largest absolute Gasteiger partial charge is 0.354 e. The standard InChI is InChI=1S/C27H39N3O4S/c1-7-16-28-27(32)23(5)29(19-24-12-9-8-11-21(24)3)26(31)13-10-17-30(35(6,33)34)25-18-20(2)14-15-22(25)4/h8-9,11-12,14-15,18,23H,7,10,13,16-17,19H2,1-6H3,(H,28,32). The SMILES string of the molecule is CCCNC(=O)C(C)N(Cc1ccccc1C)C(=O)CCCN(c1cc(C)ccc1C)S(C)(=O)=O. The first-order valence-electron chi connectivity index (χ1n) is 12.1. The molecule has 0 aliphatic carbocycles. The Hall–Kier alpha value is -2.87. The number of carbonyl (C=O) groups is 2. The van der Waals surface area contributed by atoms with Crippen LogP contribution in [0.1, 0.15) is 55.4 Å². The zero-order chi connectivity index (χ0) is 26.2. The molecule has 0 bridgehead atoms. The van der Waals surface area contributed by atoms with Crippen molar-refractivity contribution in [1.29, 1.82) is 0 Å². The summed E-state index contributed by atoms with van der Waals surface area (Å²) in [5.74, 6) is -0.372. The van der Waals surface area contributed by atoms with Crippen molar-refractivity contribution in [2.75, 3.05) is 23.7 Å². The minimum absolute atomic E-state index is 0.133. The molecule has 0 spiro atoms. The molecule has 8 heteroatoms. The topological polar surface area (TPSA) is 86.8 Å². The highest BCUT2D eigenvalue weighted by Crippen LogP contribution is 2.25. The number of anilines is 1. The average molecular weight is 502 g/mol. The summed E-state index contributed by atoms with van der Waals surface area (Å²) >= 11 is 0. The number of hydrogen-bond acceptors (Lipinski definition) is 4. The number of nitrogens with one attached hydrogen (secondary N) is 1. The Bertz CT molecular complexity index is 1130. The minimum Gasteiger partial charge on any atom is -0.354 e. The lowest BCUT2D eigenvalue weighted by atomic mass is 10.1. The maximum absolute atomic E-state index is 13.3. The molecule has 7 nitrogen and oxygen atoms in total. The molecule has 0 fully saturated rings. The van der Waals surface area contributed by atoms with E-state index in [-0.39, 0.29) is 24.8 Å². The van der Waals surface area contributed by atoms with Crippen LogP contribution >= 0.6 is 0 Å². The third-order valence-electron chi connectivity index (χ3n) is 6.10. The Balaban J connectivity index is 2.20. The van der Waals surface area contributed by atoms with E-state index in [1.165, 1.54) is 10.6 Å². The summed E-state index contributed by atoms with van der Waals surface area (Å²) in [6.45, 7) is 10.5. The summed E-state index contributed by atoms with van der Waals surface area (Å²) in [7, 11) is -3.53. The van der Waals surface area contributed by atoms with Gasteiger partial charge in [0.15, 0.2) is 0 Å². The molecular formula is C27H39N3O4S. The second kappa shape index (κ2) is 12.7. The van der Waals surface area contributed by atoms with Gasteiger partial charge in [-0.2, -0.15) is 0 Å². The van der Waals surface area contributed by atoms with Gasteiger partial charge in [0, 0.05) is 26.1 Å². The van der Waals surface area contributed by atoms with Crippen LogP contribution in [0.15, 0.2) is 42.5 Å². The number of aryl methyl sites for hydroxylation is 3. The van der Waals surface area contributed by atoms with Gasteiger partial charge in [0.25, 0.3) is 0 Å². The highest BCUT2D eigenvalue weighted by molar-refractivity contribution is 7.92. The van der Waals surface area contributed by atoms with E-state index in [1.54, 1.807) is 11.8 Å². The number of benzene rings is 2. The van der Waals surface area contributed by atoms with E-state index in [1.807, 2.05) is 70.2 Å². The Kier molecular flexibility index (Phi) is 10.3. The van der Waals surface area contributed by atoms with Gasteiger partial charge < -0.3 is 10.2 Å². The number of nitrogens with zero attached hydrogens (tertiary/aromatic N) is 2. The van der Waals surface area contributed by atoms with Crippen molar-refractivity contribution in [3.63, 3.8) is 0 Å². The third kappa shape index (κ3) is 8.09. The monoisotopic (exact) mass is 501 g/mol. The molecule has 1 atom stereocenters. The van der Waals surface area contributed by atoms with Gasteiger partial charge in [-0.15, -0.1) is 0 Å². The van der Waals surface area contributed by atoms with Gasteiger partial charge in [0.05, 0.1) is 11.9 Å². The zero-order valence-electron chi connectivity index (χ0n) is 21.8. The summed E-state index contributed by atoms with van der Waals surface area (Å²) in [5.41, 5.74) is 4.47. The molecule has 0 radical (unpaired) electrons. The lowest BCUT2D eigenvalue weighted by Crippen LogP contribution is -2.48. The van der Waals surface area contributed by atoms with Crippen LogP contribution in [0.3, 0.4) is 0 Å². The van der Waals surface area contributed by atoms with Gasteiger partial charge in [0.1, 0.15) is 6.04 Å². The zero-order valence-corrected chi connectivity index (χ0v) is 22.6. The molecule has 2 aromatic carbocycles. The van der Waals surface area contributed by atoms with Gasteiger partial charge >= 0.3 is 0 Å². The lowest BCUT2D eigenvalue weighted by molar-refractivity contribution is -0.140. The first-order chi connectivity index (χ1) is 16.5. The Morgan fingerprint density at radius 3 is 2.34 bits per heavy atom. The molecule has 0 heterocycles. The van der Waals surface area contributed by atoms with Gasteiger partial charge in [0.2, 0.25) is 21.8 Å². The van der Waals surface area contributed by atoms with Crippen molar-refractivity contribution in [1.82, 2.24) is 10.2 Å². The normalized spacial score (nSPS) is 12.2. The highest BCUT2D eigenvalue weighted by atomic mass is 32.2. The minimum atomic E-state index is -3.53.